The van der Waals surface area contributed by atoms with E-state index in [0.717, 1.165) is 12.0 Å². The van der Waals surface area contributed by atoms with Gasteiger partial charge in [0.25, 0.3) is 0 Å². The lowest BCUT2D eigenvalue weighted by atomic mass is 9.95. The van der Waals surface area contributed by atoms with Gasteiger partial charge < -0.3 is 10.4 Å². The van der Waals surface area contributed by atoms with Gasteiger partial charge >= 0.3 is 0 Å². The molecule has 0 aliphatic rings. The summed E-state index contributed by atoms with van der Waals surface area (Å²) in [7, 11) is 0. The third-order valence-electron chi connectivity index (χ3n) is 3.63. The summed E-state index contributed by atoms with van der Waals surface area (Å²) < 4.78 is 0. The maximum Gasteiger partial charge on any atom is 0.224 e. The molecule has 0 saturated carbocycles. The van der Waals surface area contributed by atoms with Crippen molar-refractivity contribution in [1.82, 2.24) is 0 Å². The number of aliphatic hydroxyl groups excluding tert-OH is 1. The van der Waals surface area contributed by atoms with Crippen molar-refractivity contribution in [1.29, 1.82) is 0 Å². The highest BCUT2D eigenvalue weighted by atomic mass is 35.5. The standard InChI is InChI=1S/C18H19Cl2NO2/c19-15-7-4-8-16(20)18(15)21-17(23)10-9-14(12-22)11-13-5-2-1-3-6-13/h1-8,14,22H,9-12H2,(H,21,23). The van der Waals surface area contributed by atoms with E-state index in [0.29, 0.717) is 28.6 Å². The Balaban J connectivity index is 1.87. The molecule has 0 heterocycles. The quantitative estimate of drug-likeness (QED) is 0.767. The van der Waals surface area contributed by atoms with Gasteiger partial charge in [-0.25, -0.2) is 0 Å². The van der Waals surface area contributed by atoms with E-state index in [1.54, 1.807) is 18.2 Å². The number of hydrogen-bond donors (Lipinski definition) is 2. The van der Waals surface area contributed by atoms with Crippen molar-refractivity contribution < 1.29 is 9.90 Å². The minimum Gasteiger partial charge on any atom is -0.396 e. The van der Waals surface area contributed by atoms with Gasteiger partial charge in [-0.3, -0.25) is 4.79 Å². The summed E-state index contributed by atoms with van der Waals surface area (Å²) >= 11 is 12.1. The first-order chi connectivity index (χ1) is 11.1. The normalized spacial score (nSPS) is 12.0. The van der Waals surface area contributed by atoms with Gasteiger partial charge in [-0.1, -0.05) is 59.6 Å². The first kappa shape index (κ1) is 17.8. The summed E-state index contributed by atoms with van der Waals surface area (Å²) in [5, 5.41) is 13.1. The molecular formula is C18H19Cl2NO2. The van der Waals surface area contributed by atoms with Crippen molar-refractivity contribution in [2.75, 3.05) is 11.9 Å². The molecule has 23 heavy (non-hydrogen) atoms. The second kappa shape index (κ2) is 8.92. The summed E-state index contributed by atoms with van der Waals surface area (Å²) in [5.41, 5.74) is 1.59. The molecule has 0 fully saturated rings. The van der Waals surface area contributed by atoms with Crippen molar-refractivity contribution >= 4 is 34.8 Å². The number of carbonyl (C=O) groups is 1. The van der Waals surface area contributed by atoms with Crippen LogP contribution in [0.4, 0.5) is 5.69 Å². The number of carbonyl (C=O) groups excluding carboxylic acids is 1. The van der Waals surface area contributed by atoms with Crippen molar-refractivity contribution in [3.8, 4) is 0 Å². The van der Waals surface area contributed by atoms with Gasteiger partial charge in [0.15, 0.2) is 0 Å². The summed E-state index contributed by atoms with van der Waals surface area (Å²) in [6.45, 7) is 0.0506. The Morgan fingerprint density at radius 3 is 2.30 bits per heavy atom. The topological polar surface area (TPSA) is 49.3 Å². The van der Waals surface area contributed by atoms with Crippen molar-refractivity contribution in [2.24, 2.45) is 5.92 Å². The Hall–Kier alpha value is -1.55. The predicted octanol–water partition coefficient (Wildman–Crippen LogP) is 4.56. The molecule has 0 bridgehead atoms. The number of nitrogens with one attached hydrogen (secondary N) is 1. The van der Waals surface area contributed by atoms with Crippen LogP contribution in [0.3, 0.4) is 0 Å². The lowest BCUT2D eigenvalue weighted by Crippen LogP contribution is -2.17. The van der Waals surface area contributed by atoms with E-state index in [9.17, 15) is 9.90 Å². The largest absolute Gasteiger partial charge is 0.396 e. The predicted molar refractivity (Wildman–Crippen MR) is 95.0 cm³/mol. The monoisotopic (exact) mass is 351 g/mol. The van der Waals surface area contributed by atoms with Gasteiger partial charge in [-0.2, -0.15) is 0 Å². The first-order valence-corrected chi connectivity index (χ1v) is 8.24. The van der Waals surface area contributed by atoms with E-state index in [4.69, 9.17) is 23.2 Å². The van der Waals surface area contributed by atoms with Crippen LogP contribution in [0.1, 0.15) is 18.4 Å². The Morgan fingerprint density at radius 2 is 1.70 bits per heavy atom. The second-order valence-electron chi connectivity index (χ2n) is 5.42. The van der Waals surface area contributed by atoms with E-state index < -0.39 is 0 Å². The summed E-state index contributed by atoms with van der Waals surface area (Å²) in [6.07, 6.45) is 1.65. The molecule has 2 rings (SSSR count). The molecule has 1 unspecified atom stereocenters. The fourth-order valence-corrected chi connectivity index (χ4v) is 2.85. The molecule has 0 saturated heterocycles. The van der Waals surface area contributed by atoms with Crippen LogP contribution in [0.5, 0.6) is 0 Å². The second-order valence-corrected chi connectivity index (χ2v) is 6.24. The number of amides is 1. The van der Waals surface area contributed by atoms with Crippen LogP contribution in [-0.4, -0.2) is 17.6 Å². The molecule has 0 aromatic heterocycles. The Kier molecular flexibility index (Phi) is 6.90. The molecule has 0 aliphatic carbocycles. The van der Waals surface area contributed by atoms with Gasteiger partial charge in [0.05, 0.1) is 15.7 Å². The summed E-state index contributed by atoms with van der Waals surface area (Å²) in [5.74, 6) is -0.114. The minimum atomic E-state index is -0.161. The zero-order valence-electron chi connectivity index (χ0n) is 12.6. The molecule has 2 aromatic carbocycles. The molecule has 0 spiro atoms. The lowest BCUT2D eigenvalue weighted by Gasteiger charge is -2.14. The fourth-order valence-electron chi connectivity index (χ4n) is 2.36. The van der Waals surface area contributed by atoms with Crippen LogP contribution in [-0.2, 0) is 11.2 Å². The van der Waals surface area contributed by atoms with E-state index in [2.05, 4.69) is 5.32 Å². The Bertz CT molecular complexity index is 626. The molecule has 1 atom stereocenters. The summed E-state index contributed by atoms with van der Waals surface area (Å²) in [4.78, 5) is 12.1. The molecule has 2 N–H and O–H groups in total. The zero-order valence-corrected chi connectivity index (χ0v) is 14.1. The van der Waals surface area contributed by atoms with Crippen LogP contribution in [0.15, 0.2) is 48.5 Å². The maximum absolute atomic E-state index is 12.1. The van der Waals surface area contributed by atoms with Crippen LogP contribution in [0.2, 0.25) is 10.0 Å². The first-order valence-electron chi connectivity index (χ1n) is 7.48. The van der Waals surface area contributed by atoms with Crippen LogP contribution in [0.25, 0.3) is 0 Å². The molecular weight excluding hydrogens is 333 g/mol. The van der Waals surface area contributed by atoms with E-state index in [1.807, 2.05) is 30.3 Å². The average Bonchev–Trinajstić information content (AvgIpc) is 2.56. The summed E-state index contributed by atoms with van der Waals surface area (Å²) in [6, 6.07) is 15.0. The molecule has 5 heteroatoms. The third-order valence-corrected chi connectivity index (χ3v) is 4.26. The fraction of sp³-hybridized carbons (Fsp3) is 0.278. The number of halogens is 2. The van der Waals surface area contributed by atoms with Gasteiger partial charge in [0.1, 0.15) is 0 Å². The number of anilines is 1. The van der Waals surface area contributed by atoms with Crippen molar-refractivity contribution in [2.45, 2.75) is 19.3 Å². The van der Waals surface area contributed by atoms with Crippen molar-refractivity contribution in [3.63, 3.8) is 0 Å². The molecule has 3 nitrogen and oxygen atoms in total. The van der Waals surface area contributed by atoms with Gasteiger partial charge in [-0.15, -0.1) is 0 Å². The third kappa shape index (κ3) is 5.54. The highest BCUT2D eigenvalue weighted by Gasteiger charge is 2.13. The van der Waals surface area contributed by atoms with Crippen LogP contribution >= 0.6 is 23.2 Å². The Morgan fingerprint density at radius 1 is 1.04 bits per heavy atom. The smallest absolute Gasteiger partial charge is 0.224 e. The molecule has 122 valence electrons. The maximum atomic E-state index is 12.1. The van der Waals surface area contributed by atoms with E-state index in [-0.39, 0.29) is 18.4 Å². The highest BCUT2D eigenvalue weighted by molar-refractivity contribution is 6.39. The number of benzene rings is 2. The van der Waals surface area contributed by atoms with Gasteiger partial charge in [-0.05, 0) is 36.5 Å². The minimum absolute atomic E-state index is 0.0462. The average molecular weight is 352 g/mol. The number of aliphatic hydroxyl groups is 1. The van der Waals surface area contributed by atoms with Crippen LogP contribution < -0.4 is 5.32 Å². The van der Waals surface area contributed by atoms with Crippen molar-refractivity contribution in [3.05, 3.63) is 64.1 Å². The number of hydrogen-bond acceptors (Lipinski definition) is 2. The Labute approximate surface area is 146 Å². The molecule has 2 aromatic rings. The lowest BCUT2D eigenvalue weighted by molar-refractivity contribution is -0.116. The highest BCUT2D eigenvalue weighted by Crippen LogP contribution is 2.30. The van der Waals surface area contributed by atoms with E-state index >= 15 is 0 Å². The molecule has 0 radical (unpaired) electrons. The zero-order chi connectivity index (χ0) is 16.7. The SMILES string of the molecule is O=C(CCC(CO)Cc1ccccc1)Nc1c(Cl)cccc1Cl. The molecule has 0 aliphatic heterocycles. The number of rotatable bonds is 7. The molecule has 1 amide bonds. The van der Waals surface area contributed by atoms with Gasteiger partial charge in [0.2, 0.25) is 5.91 Å². The van der Waals surface area contributed by atoms with E-state index in [1.165, 1.54) is 0 Å². The van der Waals surface area contributed by atoms with Gasteiger partial charge in [0, 0.05) is 13.0 Å². The van der Waals surface area contributed by atoms with Crippen LogP contribution in [0, 0.1) is 5.92 Å². The number of para-hydroxylation sites is 1.